The number of fused-ring (bicyclic) bond motifs is 1. The Balaban J connectivity index is 1.55. The SMILES string of the molecule is COc1ccc(S(=O)(=O)Nc2cccc(C(=O)Nc3sc4c(c3C(N)=O)CCCCC4)c2)cc1. The molecular formula is C24H25N3O5S2. The van der Waals surface area contributed by atoms with Gasteiger partial charge in [-0.2, -0.15) is 0 Å². The monoisotopic (exact) mass is 499 g/mol. The highest BCUT2D eigenvalue weighted by Crippen LogP contribution is 2.37. The summed E-state index contributed by atoms with van der Waals surface area (Å²) in [5.74, 6) is -0.473. The van der Waals surface area contributed by atoms with Crippen molar-refractivity contribution in [2.24, 2.45) is 5.73 Å². The average molecular weight is 500 g/mol. The first-order valence-corrected chi connectivity index (χ1v) is 13.1. The fourth-order valence-corrected chi connectivity index (χ4v) is 6.30. The maximum atomic E-state index is 13.0. The summed E-state index contributed by atoms with van der Waals surface area (Å²) >= 11 is 1.39. The molecule has 4 rings (SSSR count). The first-order valence-electron chi connectivity index (χ1n) is 10.8. The van der Waals surface area contributed by atoms with Crippen molar-refractivity contribution in [1.29, 1.82) is 0 Å². The normalized spacial score (nSPS) is 13.4. The molecular weight excluding hydrogens is 474 g/mol. The molecule has 0 spiro atoms. The van der Waals surface area contributed by atoms with Gasteiger partial charge in [-0.1, -0.05) is 12.5 Å². The van der Waals surface area contributed by atoms with Gasteiger partial charge in [-0.15, -0.1) is 11.3 Å². The minimum absolute atomic E-state index is 0.0642. The van der Waals surface area contributed by atoms with E-state index in [1.54, 1.807) is 30.3 Å². The number of hydrogen-bond donors (Lipinski definition) is 3. The summed E-state index contributed by atoms with van der Waals surface area (Å²) in [4.78, 5) is 26.3. The number of nitrogens with two attached hydrogens (primary N) is 1. The van der Waals surface area contributed by atoms with E-state index in [0.717, 1.165) is 42.5 Å². The van der Waals surface area contributed by atoms with Gasteiger partial charge in [0.2, 0.25) is 0 Å². The van der Waals surface area contributed by atoms with Gasteiger partial charge in [0.1, 0.15) is 10.8 Å². The molecule has 0 fully saturated rings. The van der Waals surface area contributed by atoms with E-state index in [1.807, 2.05) is 0 Å². The highest BCUT2D eigenvalue weighted by atomic mass is 32.2. The number of carbonyl (C=O) groups is 2. The molecule has 0 radical (unpaired) electrons. The van der Waals surface area contributed by atoms with Crippen molar-refractivity contribution in [3.63, 3.8) is 0 Å². The Morgan fingerprint density at radius 2 is 1.76 bits per heavy atom. The highest BCUT2D eigenvalue weighted by Gasteiger charge is 2.24. The van der Waals surface area contributed by atoms with E-state index in [-0.39, 0.29) is 16.1 Å². The van der Waals surface area contributed by atoms with E-state index < -0.39 is 21.8 Å². The van der Waals surface area contributed by atoms with Gasteiger partial charge in [0.15, 0.2) is 0 Å². The molecule has 34 heavy (non-hydrogen) atoms. The van der Waals surface area contributed by atoms with Crippen molar-refractivity contribution in [3.8, 4) is 5.75 Å². The van der Waals surface area contributed by atoms with E-state index >= 15 is 0 Å². The Bertz CT molecular complexity index is 1330. The summed E-state index contributed by atoms with van der Waals surface area (Å²) in [5, 5.41) is 3.25. The minimum atomic E-state index is -3.86. The topological polar surface area (TPSA) is 128 Å². The molecule has 10 heteroatoms. The van der Waals surface area contributed by atoms with Gasteiger partial charge in [-0.25, -0.2) is 8.42 Å². The van der Waals surface area contributed by atoms with Crippen LogP contribution in [0.3, 0.4) is 0 Å². The molecule has 3 aromatic rings. The molecule has 4 N–H and O–H groups in total. The van der Waals surface area contributed by atoms with Crippen molar-refractivity contribution in [1.82, 2.24) is 0 Å². The lowest BCUT2D eigenvalue weighted by Crippen LogP contribution is -2.18. The Morgan fingerprint density at radius 1 is 1.03 bits per heavy atom. The number of sulfonamides is 1. The molecule has 2 amide bonds. The lowest BCUT2D eigenvalue weighted by atomic mass is 10.1. The van der Waals surface area contributed by atoms with Gasteiger partial charge in [0.25, 0.3) is 21.8 Å². The summed E-state index contributed by atoms with van der Waals surface area (Å²) in [6.45, 7) is 0. The molecule has 1 aromatic heterocycles. The van der Waals surface area contributed by atoms with Gasteiger partial charge >= 0.3 is 0 Å². The predicted molar refractivity (Wildman–Crippen MR) is 132 cm³/mol. The Kier molecular flexibility index (Phi) is 6.90. The van der Waals surface area contributed by atoms with Crippen LogP contribution >= 0.6 is 11.3 Å². The first kappa shape index (κ1) is 23.8. The number of rotatable bonds is 7. The second-order valence-electron chi connectivity index (χ2n) is 7.95. The fourth-order valence-electron chi connectivity index (χ4n) is 3.96. The molecule has 0 aliphatic heterocycles. The smallest absolute Gasteiger partial charge is 0.261 e. The van der Waals surface area contributed by atoms with Crippen LogP contribution in [0.4, 0.5) is 10.7 Å². The molecule has 0 atom stereocenters. The van der Waals surface area contributed by atoms with Crippen LogP contribution in [-0.2, 0) is 22.9 Å². The number of hydrogen-bond acceptors (Lipinski definition) is 6. The van der Waals surface area contributed by atoms with E-state index in [1.165, 1.54) is 36.6 Å². The molecule has 178 valence electrons. The van der Waals surface area contributed by atoms with Crippen LogP contribution < -0.4 is 20.5 Å². The lowest BCUT2D eigenvalue weighted by molar-refractivity contribution is 0.100. The molecule has 2 aromatic carbocycles. The minimum Gasteiger partial charge on any atom is -0.497 e. The molecule has 8 nitrogen and oxygen atoms in total. The van der Waals surface area contributed by atoms with Gasteiger partial charge in [0.05, 0.1) is 17.6 Å². The zero-order valence-corrected chi connectivity index (χ0v) is 20.2. The second-order valence-corrected chi connectivity index (χ2v) is 10.7. The summed E-state index contributed by atoms with van der Waals surface area (Å²) in [6, 6.07) is 12.1. The van der Waals surface area contributed by atoms with E-state index in [9.17, 15) is 18.0 Å². The van der Waals surface area contributed by atoms with Crippen LogP contribution in [0.2, 0.25) is 0 Å². The molecule has 0 unspecified atom stereocenters. The van der Waals surface area contributed by atoms with Crippen molar-refractivity contribution < 1.29 is 22.7 Å². The maximum Gasteiger partial charge on any atom is 0.261 e. The predicted octanol–water partition coefficient (Wildman–Crippen LogP) is 4.18. The van der Waals surface area contributed by atoms with Gasteiger partial charge < -0.3 is 15.8 Å². The third-order valence-electron chi connectivity index (χ3n) is 5.64. The summed E-state index contributed by atoms with van der Waals surface area (Å²) in [5.41, 5.74) is 7.45. The second kappa shape index (κ2) is 9.86. The Hall–Kier alpha value is -3.37. The molecule has 0 bridgehead atoms. The van der Waals surface area contributed by atoms with Gasteiger partial charge in [-0.3, -0.25) is 14.3 Å². The van der Waals surface area contributed by atoms with E-state index in [2.05, 4.69) is 10.0 Å². The number of methoxy groups -OCH3 is 1. The number of benzene rings is 2. The molecule has 0 saturated heterocycles. The van der Waals surface area contributed by atoms with Crippen molar-refractivity contribution in [2.45, 2.75) is 37.0 Å². The highest BCUT2D eigenvalue weighted by molar-refractivity contribution is 7.92. The van der Waals surface area contributed by atoms with Crippen molar-refractivity contribution in [3.05, 3.63) is 70.1 Å². The lowest BCUT2D eigenvalue weighted by Gasteiger charge is -2.11. The zero-order chi connectivity index (χ0) is 24.3. The van der Waals surface area contributed by atoms with Gasteiger partial charge in [-0.05, 0) is 73.7 Å². The number of primary amides is 1. The summed E-state index contributed by atoms with van der Waals surface area (Å²) in [7, 11) is -2.36. The molecule has 1 aliphatic carbocycles. The largest absolute Gasteiger partial charge is 0.497 e. The van der Waals surface area contributed by atoms with Crippen LogP contribution in [0.15, 0.2) is 53.4 Å². The summed E-state index contributed by atoms with van der Waals surface area (Å²) in [6.07, 6.45) is 4.74. The maximum absolute atomic E-state index is 13.0. The number of aryl methyl sites for hydroxylation is 1. The van der Waals surface area contributed by atoms with Crippen molar-refractivity contribution in [2.75, 3.05) is 17.1 Å². The number of carbonyl (C=O) groups excluding carboxylic acids is 2. The van der Waals surface area contributed by atoms with Crippen LogP contribution in [0, 0.1) is 0 Å². The Labute approximate surface area is 202 Å². The number of nitrogens with one attached hydrogen (secondary N) is 2. The number of amides is 2. The quantitative estimate of drug-likeness (QED) is 0.420. The number of anilines is 2. The third kappa shape index (κ3) is 5.07. The fraction of sp³-hybridized carbons (Fsp3) is 0.250. The van der Waals surface area contributed by atoms with E-state index in [0.29, 0.717) is 16.3 Å². The first-order chi connectivity index (χ1) is 16.3. The summed E-state index contributed by atoms with van der Waals surface area (Å²) < 4.78 is 33.0. The molecule has 1 heterocycles. The Morgan fingerprint density at radius 3 is 2.47 bits per heavy atom. The van der Waals surface area contributed by atoms with Crippen LogP contribution in [0.25, 0.3) is 0 Å². The van der Waals surface area contributed by atoms with Crippen LogP contribution in [0.5, 0.6) is 5.75 Å². The van der Waals surface area contributed by atoms with Crippen LogP contribution in [-0.4, -0.2) is 27.3 Å². The average Bonchev–Trinajstić information content (AvgIpc) is 2.99. The number of ether oxygens (including phenoxy) is 1. The molecule has 0 saturated carbocycles. The van der Waals surface area contributed by atoms with E-state index in [4.69, 9.17) is 10.5 Å². The van der Waals surface area contributed by atoms with Gasteiger partial charge in [0, 0.05) is 16.1 Å². The van der Waals surface area contributed by atoms with Crippen molar-refractivity contribution >= 4 is 43.9 Å². The zero-order valence-electron chi connectivity index (χ0n) is 18.6. The standard InChI is InChI=1S/C24H25N3O5S2/c1-32-17-10-12-18(13-11-17)34(30,31)27-16-7-5-6-15(14-16)23(29)26-24-21(22(25)28)19-8-3-2-4-9-20(19)33-24/h5-7,10-14,27H,2-4,8-9H2,1H3,(H2,25,28)(H,26,29). The number of thiophene rings is 1. The van der Waals surface area contributed by atoms with Crippen LogP contribution in [0.1, 0.15) is 50.4 Å². The molecule has 1 aliphatic rings. The third-order valence-corrected chi connectivity index (χ3v) is 8.25.